The summed E-state index contributed by atoms with van der Waals surface area (Å²) in [6.45, 7) is 6.66. The van der Waals surface area contributed by atoms with E-state index in [1.807, 2.05) is 6.07 Å². The molecular formula is C66H45N3O. The molecule has 1 aliphatic carbocycles. The Morgan fingerprint density at radius 1 is 0.571 bits per heavy atom. The van der Waals surface area contributed by atoms with Crippen LogP contribution in [0, 0.1) is 0 Å². The van der Waals surface area contributed by atoms with Crippen molar-refractivity contribution in [3.8, 4) is 16.8 Å². The van der Waals surface area contributed by atoms with Gasteiger partial charge < -0.3 is 13.9 Å². The van der Waals surface area contributed by atoms with Gasteiger partial charge >= 0.3 is 0 Å². The van der Waals surface area contributed by atoms with Gasteiger partial charge in [-0.15, -0.1) is 0 Å². The number of nitrogens with zero attached hydrogens (tertiary/aromatic N) is 3. The average molecular weight is 896 g/mol. The molecule has 0 spiro atoms. The van der Waals surface area contributed by atoms with Gasteiger partial charge in [0.25, 0.3) is 0 Å². The smallest absolute Gasteiger partial charge is 0.136 e. The Morgan fingerprint density at radius 2 is 1.30 bits per heavy atom. The number of hydrogen-bond donors (Lipinski definition) is 0. The van der Waals surface area contributed by atoms with Crippen LogP contribution in [0.5, 0.6) is 0 Å². The van der Waals surface area contributed by atoms with Crippen molar-refractivity contribution in [2.75, 3.05) is 4.90 Å². The first kappa shape index (κ1) is 40.1. The maximum absolute atomic E-state index is 6.73. The largest absolute Gasteiger partial charge is 0.456 e. The van der Waals surface area contributed by atoms with E-state index in [2.05, 4.69) is 241 Å². The molecule has 2 aromatic heterocycles. The molecule has 10 aromatic carbocycles. The van der Waals surface area contributed by atoms with Gasteiger partial charge in [-0.25, -0.2) is 4.99 Å². The van der Waals surface area contributed by atoms with Gasteiger partial charge in [-0.1, -0.05) is 170 Å². The Hall–Kier alpha value is -8.99. The van der Waals surface area contributed by atoms with Crippen molar-refractivity contribution in [1.82, 2.24) is 4.57 Å². The van der Waals surface area contributed by atoms with E-state index in [4.69, 9.17) is 9.41 Å². The van der Waals surface area contributed by atoms with Gasteiger partial charge in [0.05, 0.1) is 22.4 Å². The minimum atomic E-state index is 0.112. The summed E-state index contributed by atoms with van der Waals surface area (Å²) in [4.78, 5) is 7.80. The van der Waals surface area contributed by atoms with Gasteiger partial charge in [-0.05, 0) is 129 Å². The number of benzene rings is 10. The standard InChI is InChI=1S/C66H45N3O/c1-41(43-18-5-3-6-19-43)48-23-13-15-29-58(48)67-42(2)68-60-35-33-45(38-56(60)64-49-24-10-9-20-44(49)32-36-61(64)68)50-28-17-31-63-65(50)57-39-46(34-37-62(57)70-63)54-40-55-52-26-14-16-30-59(52)69(47-21-7-4-8-22-47)66(55)53-27-12-11-25-51(53)54/h3-37,39-40,56H,1,38H2,2H3/b67-42+. The van der Waals surface area contributed by atoms with Crippen LogP contribution < -0.4 is 4.90 Å². The third-order valence-electron chi connectivity index (χ3n) is 14.8. The fraction of sp³-hybridized carbons (Fsp3) is 0.0455. The van der Waals surface area contributed by atoms with Crippen LogP contribution in [0.1, 0.15) is 41.5 Å². The molecule has 14 rings (SSSR count). The first-order valence-corrected chi connectivity index (χ1v) is 24.2. The quantitative estimate of drug-likeness (QED) is 0.123. The zero-order valence-electron chi connectivity index (χ0n) is 38.6. The second-order valence-electron chi connectivity index (χ2n) is 18.7. The molecule has 4 heteroatoms. The summed E-state index contributed by atoms with van der Waals surface area (Å²) >= 11 is 0. The number of allylic oxidation sites excluding steroid dienone is 4. The summed E-state index contributed by atoms with van der Waals surface area (Å²) in [5.41, 5.74) is 17.9. The molecule has 0 N–H and O–H groups in total. The fourth-order valence-electron chi connectivity index (χ4n) is 11.7. The normalized spacial score (nSPS) is 14.7. The summed E-state index contributed by atoms with van der Waals surface area (Å²) in [5, 5.41) is 9.70. The highest BCUT2D eigenvalue weighted by atomic mass is 16.3. The van der Waals surface area contributed by atoms with E-state index in [0.29, 0.717) is 0 Å². The van der Waals surface area contributed by atoms with Crippen LogP contribution in [0.15, 0.2) is 246 Å². The molecule has 4 nitrogen and oxygen atoms in total. The summed E-state index contributed by atoms with van der Waals surface area (Å²) in [6, 6.07) is 76.2. The number of amidine groups is 1. The van der Waals surface area contributed by atoms with Crippen molar-refractivity contribution in [2.24, 2.45) is 4.99 Å². The van der Waals surface area contributed by atoms with Gasteiger partial charge in [0.1, 0.15) is 17.0 Å². The van der Waals surface area contributed by atoms with Gasteiger partial charge in [0.2, 0.25) is 0 Å². The van der Waals surface area contributed by atoms with E-state index in [-0.39, 0.29) is 5.92 Å². The predicted octanol–water partition coefficient (Wildman–Crippen LogP) is 17.7. The lowest BCUT2D eigenvalue weighted by atomic mass is 9.82. The van der Waals surface area contributed by atoms with Crippen molar-refractivity contribution in [2.45, 2.75) is 19.3 Å². The van der Waals surface area contributed by atoms with E-state index in [1.165, 1.54) is 77.0 Å². The zero-order valence-corrected chi connectivity index (χ0v) is 38.6. The second kappa shape index (κ2) is 15.8. The Bertz CT molecular complexity index is 4240. The van der Waals surface area contributed by atoms with Crippen LogP contribution in [0.4, 0.5) is 11.4 Å². The van der Waals surface area contributed by atoms with E-state index < -0.39 is 0 Å². The highest BCUT2D eigenvalue weighted by Crippen LogP contribution is 2.54. The summed E-state index contributed by atoms with van der Waals surface area (Å²) < 4.78 is 9.15. The first-order chi connectivity index (χ1) is 34.6. The zero-order chi connectivity index (χ0) is 46.5. The molecule has 0 fully saturated rings. The lowest BCUT2D eigenvalue weighted by Crippen LogP contribution is -2.26. The van der Waals surface area contributed by atoms with Crippen molar-refractivity contribution in [3.05, 3.63) is 259 Å². The van der Waals surface area contributed by atoms with Crippen LogP contribution in [0.25, 0.3) is 93.2 Å². The van der Waals surface area contributed by atoms with Gasteiger partial charge in [0, 0.05) is 49.8 Å². The maximum Gasteiger partial charge on any atom is 0.136 e. The average Bonchev–Trinajstić information content (AvgIpc) is 4.09. The van der Waals surface area contributed by atoms with Crippen LogP contribution in [0.2, 0.25) is 0 Å². The number of fused-ring (bicyclic) bond motifs is 13. The van der Waals surface area contributed by atoms with Crippen LogP contribution >= 0.6 is 0 Å². The minimum absolute atomic E-state index is 0.112. The van der Waals surface area contributed by atoms with Gasteiger partial charge in [-0.2, -0.15) is 0 Å². The lowest BCUT2D eigenvalue weighted by molar-refractivity contribution is 0.669. The molecule has 0 amide bonds. The van der Waals surface area contributed by atoms with Crippen LogP contribution in [-0.2, 0) is 0 Å². The van der Waals surface area contributed by atoms with Crippen LogP contribution in [-0.4, -0.2) is 10.4 Å². The Kier molecular flexibility index (Phi) is 9.05. The van der Waals surface area contributed by atoms with E-state index in [0.717, 1.165) is 67.8 Å². The lowest BCUT2D eigenvalue weighted by Gasteiger charge is -2.26. The first-order valence-electron chi connectivity index (χ1n) is 24.2. The highest BCUT2D eigenvalue weighted by molar-refractivity contribution is 6.23. The van der Waals surface area contributed by atoms with Crippen molar-refractivity contribution < 1.29 is 4.42 Å². The number of aliphatic imine (C=N–C) groups is 1. The molecular weight excluding hydrogens is 851 g/mol. The molecule has 0 bridgehead atoms. The molecule has 12 aromatic rings. The monoisotopic (exact) mass is 895 g/mol. The molecule has 1 atom stereocenters. The molecule has 2 aliphatic rings. The SMILES string of the molecule is C=C(c1ccccc1)c1ccccc1/N=C(\C)N1C2=CC=C(c3cccc4oc5ccc(-c6cc7c8ccccc8n(-c8ccccc8)c7c7ccccc67)cc5c34)CC2c2c1ccc1ccccc21. The summed E-state index contributed by atoms with van der Waals surface area (Å²) in [6.07, 6.45) is 5.51. The van der Waals surface area contributed by atoms with Crippen molar-refractivity contribution in [3.63, 3.8) is 0 Å². The number of anilines is 1. The third kappa shape index (κ3) is 6.13. The molecule has 70 heavy (non-hydrogen) atoms. The predicted molar refractivity (Wildman–Crippen MR) is 295 cm³/mol. The Labute approximate surface area is 405 Å². The van der Waals surface area contributed by atoms with Crippen molar-refractivity contribution >= 4 is 93.6 Å². The minimum Gasteiger partial charge on any atom is -0.456 e. The van der Waals surface area contributed by atoms with Crippen molar-refractivity contribution in [1.29, 1.82) is 0 Å². The number of furan rings is 1. The molecule has 0 radical (unpaired) electrons. The van der Waals surface area contributed by atoms with E-state index >= 15 is 0 Å². The molecule has 3 heterocycles. The summed E-state index contributed by atoms with van der Waals surface area (Å²) in [5.74, 6) is 1.03. The van der Waals surface area contributed by atoms with Crippen LogP contribution in [0.3, 0.4) is 0 Å². The van der Waals surface area contributed by atoms with Gasteiger partial charge in [0.15, 0.2) is 0 Å². The molecule has 330 valence electrons. The maximum atomic E-state index is 6.73. The fourth-order valence-corrected chi connectivity index (χ4v) is 11.7. The summed E-state index contributed by atoms with van der Waals surface area (Å²) in [7, 11) is 0. The third-order valence-corrected chi connectivity index (χ3v) is 14.8. The van der Waals surface area contributed by atoms with Gasteiger partial charge in [-0.3, -0.25) is 0 Å². The Balaban J connectivity index is 0.915. The topological polar surface area (TPSA) is 33.7 Å². The number of para-hydroxylation sites is 3. The molecule has 0 saturated heterocycles. The van der Waals surface area contributed by atoms with E-state index in [9.17, 15) is 0 Å². The molecule has 1 unspecified atom stereocenters. The Morgan fingerprint density at radius 3 is 2.16 bits per heavy atom. The second-order valence-corrected chi connectivity index (χ2v) is 18.7. The molecule has 0 saturated carbocycles. The number of hydrogen-bond acceptors (Lipinski definition) is 2. The highest BCUT2D eigenvalue weighted by Gasteiger charge is 2.39. The van der Waals surface area contributed by atoms with E-state index in [1.54, 1.807) is 0 Å². The number of aromatic nitrogens is 1. The number of rotatable bonds is 6. The molecule has 1 aliphatic heterocycles.